The van der Waals surface area contributed by atoms with Gasteiger partial charge >= 0.3 is 0 Å². The molecule has 0 aliphatic rings. The molecule has 0 aliphatic heterocycles. The van der Waals surface area contributed by atoms with Gasteiger partial charge in [-0.1, -0.05) is 0 Å². The van der Waals surface area contributed by atoms with Gasteiger partial charge in [0.15, 0.2) is 0 Å². The van der Waals surface area contributed by atoms with E-state index >= 15 is 0 Å². The molecule has 0 radical (unpaired) electrons. The Balaban J connectivity index is 3.58. The zero-order chi connectivity index (χ0) is 8.69. The molecule has 4 heteroatoms. The minimum absolute atomic E-state index is 0.778. The third kappa shape index (κ3) is 5.61. The van der Waals surface area contributed by atoms with E-state index in [0.29, 0.717) is 0 Å². The standard InChI is InChI=1S/C7H16S4/c1-8-6(9-2)5-7(10-3)11-4/h6-7H,5H2,1-4H3. The van der Waals surface area contributed by atoms with E-state index < -0.39 is 0 Å². The first-order valence-corrected chi connectivity index (χ1v) is 8.54. The Labute approximate surface area is 87.4 Å². The van der Waals surface area contributed by atoms with Gasteiger partial charge in [-0.25, -0.2) is 0 Å². The third-order valence-electron chi connectivity index (χ3n) is 1.44. The highest BCUT2D eigenvalue weighted by molar-refractivity contribution is 8.17. The number of hydrogen-bond donors (Lipinski definition) is 0. The number of hydrogen-bond acceptors (Lipinski definition) is 4. The summed E-state index contributed by atoms with van der Waals surface area (Å²) in [6, 6.07) is 0. The summed E-state index contributed by atoms with van der Waals surface area (Å²) in [5.74, 6) is 0. The van der Waals surface area contributed by atoms with E-state index in [4.69, 9.17) is 0 Å². The first-order chi connectivity index (χ1) is 5.28. The number of thioether (sulfide) groups is 4. The van der Waals surface area contributed by atoms with Crippen molar-refractivity contribution < 1.29 is 0 Å². The minimum Gasteiger partial charge on any atom is -0.151 e. The largest absolute Gasteiger partial charge is 0.151 e. The van der Waals surface area contributed by atoms with E-state index in [1.165, 1.54) is 6.42 Å². The van der Waals surface area contributed by atoms with Crippen LogP contribution in [0, 0.1) is 0 Å². The van der Waals surface area contributed by atoms with Gasteiger partial charge in [-0.05, 0) is 31.4 Å². The van der Waals surface area contributed by atoms with Crippen LogP contribution in [0.25, 0.3) is 0 Å². The van der Waals surface area contributed by atoms with E-state index in [1.54, 1.807) is 0 Å². The molecule has 0 N–H and O–H groups in total. The van der Waals surface area contributed by atoms with Crippen LogP contribution in [-0.2, 0) is 0 Å². The normalized spacial score (nSPS) is 11.5. The molecule has 0 atom stereocenters. The average molecular weight is 228 g/mol. The van der Waals surface area contributed by atoms with Crippen molar-refractivity contribution >= 4 is 47.0 Å². The lowest BCUT2D eigenvalue weighted by Crippen LogP contribution is -2.05. The quantitative estimate of drug-likeness (QED) is 0.638. The summed E-state index contributed by atoms with van der Waals surface area (Å²) >= 11 is 7.86. The minimum atomic E-state index is 0.778. The fourth-order valence-corrected chi connectivity index (χ4v) is 4.30. The molecule has 0 fully saturated rings. The SMILES string of the molecule is CSC(CC(SC)SC)SC. The van der Waals surface area contributed by atoms with Gasteiger partial charge in [0.1, 0.15) is 0 Å². The van der Waals surface area contributed by atoms with Gasteiger partial charge in [-0.3, -0.25) is 0 Å². The first-order valence-electron chi connectivity index (χ1n) is 3.39. The fourth-order valence-electron chi connectivity index (χ4n) is 0.734. The summed E-state index contributed by atoms with van der Waals surface area (Å²) in [4.78, 5) is 0. The molecule has 0 aliphatic carbocycles. The molecule has 0 aromatic rings. The highest BCUT2D eigenvalue weighted by Crippen LogP contribution is 2.31. The van der Waals surface area contributed by atoms with Crippen molar-refractivity contribution in [2.75, 3.05) is 25.0 Å². The Morgan fingerprint density at radius 2 is 1.00 bits per heavy atom. The lowest BCUT2D eigenvalue weighted by molar-refractivity contribution is 1.04. The van der Waals surface area contributed by atoms with E-state index in [0.717, 1.165) is 9.16 Å². The van der Waals surface area contributed by atoms with Crippen LogP contribution in [0.2, 0.25) is 0 Å². The van der Waals surface area contributed by atoms with Crippen LogP contribution in [0.5, 0.6) is 0 Å². The molecular weight excluding hydrogens is 212 g/mol. The molecule has 0 bridgehead atoms. The molecule has 0 aromatic heterocycles. The summed E-state index contributed by atoms with van der Waals surface area (Å²) < 4.78 is 1.56. The zero-order valence-electron chi connectivity index (χ0n) is 7.49. The third-order valence-corrected chi connectivity index (χ3v) is 6.62. The van der Waals surface area contributed by atoms with Gasteiger partial charge < -0.3 is 0 Å². The van der Waals surface area contributed by atoms with Crippen molar-refractivity contribution in [2.45, 2.75) is 15.6 Å². The van der Waals surface area contributed by atoms with E-state index in [2.05, 4.69) is 25.0 Å². The fraction of sp³-hybridized carbons (Fsp3) is 1.00. The van der Waals surface area contributed by atoms with Crippen molar-refractivity contribution in [3.05, 3.63) is 0 Å². The first kappa shape index (κ1) is 12.4. The highest BCUT2D eigenvalue weighted by Gasteiger charge is 2.12. The summed E-state index contributed by atoms with van der Waals surface area (Å²) in [7, 11) is 0. The molecule has 0 nitrogen and oxygen atoms in total. The molecule has 0 spiro atoms. The van der Waals surface area contributed by atoms with Crippen LogP contribution >= 0.6 is 47.0 Å². The summed E-state index contributed by atoms with van der Waals surface area (Å²) in [6.45, 7) is 0. The van der Waals surface area contributed by atoms with Crippen molar-refractivity contribution in [2.24, 2.45) is 0 Å². The smallest absolute Gasteiger partial charge is 0.0515 e. The second-order valence-corrected chi connectivity index (χ2v) is 6.80. The molecule has 0 aromatic carbocycles. The summed E-state index contributed by atoms with van der Waals surface area (Å²) in [5, 5.41) is 0. The zero-order valence-corrected chi connectivity index (χ0v) is 10.8. The van der Waals surface area contributed by atoms with E-state index in [-0.39, 0.29) is 0 Å². The van der Waals surface area contributed by atoms with Gasteiger partial charge in [0.05, 0.1) is 9.16 Å². The Morgan fingerprint density at radius 1 is 0.727 bits per heavy atom. The second-order valence-electron chi connectivity index (χ2n) is 2.04. The molecule has 0 unspecified atom stereocenters. The predicted molar refractivity (Wildman–Crippen MR) is 66.3 cm³/mol. The Hall–Kier alpha value is 1.40. The summed E-state index contributed by atoms with van der Waals surface area (Å²) in [6.07, 6.45) is 10.1. The van der Waals surface area contributed by atoms with Gasteiger partial charge in [-0.2, -0.15) is 47.0 Å². The van der Waals surface area contributed by atoms with Crippen LogP contribution < -0.4 is 0 Å². The maximum Gasteiger partial charge on any atom is 0.0515 e. The van der Waals surface area contributed by atoms with Gasteiger partial charge in [0.25, 0.3) is 0 Å². The van der Waals surface area contributed by atoms with Crippen molar-refractivity contribution in [3.8, 4) is 0 Å². The lowest BCUT2D eigenvalue weighted by Gasteiger charge is -2.17. The Kier molecular flexibility index (Phi) is 9.04. The maximum absolute atomic E-state index is 2.19. The molecule has 0 saturated carbocycles. The lowest BCUT2D eigenvalue weighted by atomic mass is 10.5. The van der Waals surface area contributed by atoms with Crippen molar-refractivity contribution in [1.82, 2.24) is 0 Å². The molecule has 68 valence electrons. The molecule has 0 amide bonds. The highest BCUT2D eigenvalue weighted by atomic mass is 32.2. The van der Waals surface area contributed by atoms with Crippen LogP contribution in [0.3, 0.4) is 0 Å². The monoisotopic (exact) mass is 228 g/mol. The van der Waals surface area contributed by atoms with Gasteiger partial charge in [0, 0.05) is 0 Å². The molecule has 0 heterocycles. The van der Waals surface area contributed by atoms with Crippen LogP contribution in [0.15, 0.2) is 0 Å². The van der Waals surface area contributed by atoms with Crippen LogP contribution in [-0.4, -0.2) is 34.2 Å². The Morgan fingerprint density at radius 3 is 1.18 bits per heavy atom. The van der Waals surface area contributed by atoms with Gasteiger partial charge in [0.2, 0.25) is 0 Å². The van der Waals surface area contributed by atoms with Gasteiger partial charge in [-0.15, -0.1) is 0 Å². The van der Waals surface area contributed by atoms with Crippen LogP contribution in [0.1, 0.15) is 6.42 Å². The van der Waals surface area contributed by atoms with E-state index in [1.807, 2.05) is 47.0 Å². The van der Waals surface area contributed by atoms with E-state index in [9.17, 15) is 0 Å². The molecule has 11 heavy (non-hydrogen) atoms. The molecule has 0 saturated heterocycles. The predicted octanol–water partition coefficient (Wildman–Crippen LogP) is 3.48. The topological polar surface area (TPSA) is 0 Å². The van der Waals surface area contributed by atoms with Crippen LogP contribution in [0.4, 0.5) is 0 Å². The maximum atomic E-state index is 2.19. The average Bonchev–Trinajstić information content (AvgIpc) is 2.07. The van der Waals surface area contributed by atoms with Crippen molar-refractivity contribution in [1.29, 1.82) is 0 Å². The number of rotatable bonds is 6. The molecular formula is C7H16S4. The van der Waals surface area contributed by atoms with Crippen molar-refractivity contribution in [3.63, 3.8) is 0 Å². The Bertz CT molecular complexity index is 68.5. The summed E-state index contributed by atoms with van der Waals surface area (Å²) in [5.41, 5.74) is 0. The second kappa shape index (κ2) is 8.02. The molecule has 0 rings (SSSR count).